The number of hydrogen-bond donors (Lipinski definition) is 1. The van der Waals surface area contributed by atoms with Crippen LogP contribution in [0, 0.1) is 12.0 Å². The van der Waals surface area contributed by atoms with Gasteiger partial charge in [0.2, 0.25) is 0 Å². The third-order valence-corrected chi connectivity index (χ3v) is 0.686. The lowest BCUT2D eigenvalue weighted by Crippen LogP contribution is -2.11. The molecule has 0 spiro atoms. The second-order valence-electron chi connectivity index (χ2n) is 0.898. The Morgan fingerprint density at radius 1 is 1.78 bits per heavy atom. The molecule has 0 aromatic rings. The van der Waals surface area contributed by atoms with Crippen molar-refractivity contribution in [2.24, 2.45) is 5.73 Å². The van der Waals surface area contributed by atoms with Gasteiger partial charge in [0.25, 0.3) is 0 Å². The molecule has 2 N–H and O–H groups in total. The van der Waals surface area contributed by atoms with Gasteiger partial charge in [0.1, 0.15) is 0 Å². The summed E-state index contributed by atoms with van der Waals surface area (Å²) in [5.41, 5.74) is 4.52. The van der Waals surface area contributed by atoms with E-state index in [1.807, 2.05) is 22.6 Å². The van der Waals surface area contributed by atoms with Crippen molar-refractivity contribution in [3.8, 4) is 12.0 Å². The molecule has 50 valence electrons. The summed E-state index contributed by atoms with van der Waals surface area (Å²) in [6, 6.07) is 0. The van der Waals surface area contributed by atoms with Crippen LogP contribution in [-0.4, -0.2) is 10.5 Å². The van der Waals surface area contributed by atoms with E-state index in [9.17, 15) is 4.79 Å². The minimum absolute atomic E-state index is 0.611. The zero-order valence-electron chi connectivity index (χ0n) is 4.39. The van der Waals surface area contributed by atoms with Crippen molar-refractivity contribution >= 4 is 28.7 Å². The molecule has 0 atom stereocenters. The van der Waals surface area contributed by atoms with Crippen molar-refractivity contribution in [3.63, 3.8) is 0 Å². The summed E-state index contributed by atoms with van der Waals surface area (Å²) in [5, 5.41) is 0. The largest absolute Gasteiger partial charge is 0.448 e. The van der Waals surface area contributed by atoms with Crippen LogP contribution in [0.3, 0.4) is 0 Å². The molecule has 0 radical (unpaired) electrons. The lowest BCUT2D eigenvalue weighted by atomic mass is 10.8. The predicted octanol–water partition coefficient (Wildman–Crippen LogP) is 0.409. The zero-order valence-corrected chi connectivity index (χ0v) is 6.54. The van der Waals surface area contributed by atoms with Crippen LogP contribution < -0.4 is 5.73 Å². The van der Waals surface area contributed by atoms with Crippen LogP contribution in [0.2, 0.25) is 0 Å². The van der Waals surface area contributed by atoms with Gasteiger partial charge in [0.15, 0.2) is 6.11 Å². The van der Waals surface area contributed by atoms with Crippen LogP contribution >= 0.6 is 22.6 Å². The van der Waals surface area contributed by atoms with Crippen LogP contribution in [-0.2, 0) is 9.78 Å². The van der Waals surface area contributed by atoms with E-state index < -0.39 is 6.09 Å². The second-order valence-corrected chi connectivity index (χ2v) is 1.66. The molecule has 0 aliphatic carbocycles. The molecule has 0 aliphatic heterocycles. The Morgan fingerprint density at radius 2 is 2.44 bits per heavy atom. The average Bonchev–Trinajstić information content (AvgIpc) is 1.80. The Morgan fingerprint density at radius 3 is 2.89 bits per heavy atom. The van der Waals surface area contributed by atoms with Crippen molar-refractivity contribution in [3.05, 3.63) is 0 Å². The fourth-order valence-electron chi connectivity index (χ4n) is 0.119. The average molecular weight is 241 g/mol. The monoisotopic (exact) mass is 241 g/mol. The van der Waals surface area contributed by atoms with Crippen molar-refractivity contribution in [1.82, 2.24) is 0 Å². The van der Waals surface area contributed by atoms with E-state index in [1.54, 1.807) is 0 Å². The van der Waals surface area contributed by atoms with Crippen LogP contribution in [0.4, 0.5) is 4.79 Å². The molecule has 0 aliphatic rings. The molecule has 9 heavy (non-hydrogen) atoms. The van der Waals surface area contributed by atoms with Gasteiger partial charge >= 0.3 is 6.09 Å². The lowest BCUT2D eigenvalue weighted by molar-refractivity contribution is -0.170. The Kier molecular flexibility index (Phi) is 5.11. The SMILES string of the molecule is NC(=O)OOC#CCI. The smallest absolute Gasteiger partial charge is 0.332 e. The molecule has 0 fully saturated rings. The molecule has 0 heterocycles. The number of halogens is 1. The first kappa shape index (κ1) is 8.36. The summed E-state index contributed by atoms with van der Waals surface area (Å²) in [6.45, 7) is 0. The number of hydrogen-bond acceptors (Lipinski definition) is 3. The van der Waals surface area contributed by atoms with Crippen molar-refractivity contribution < 1.29 is 14.6 Å². The number of alkyl halides is 1. The fourth-order valence-corrected chi connectivity index (χ4v) is 0.274. The summed E-state index contributed by atoms with van der Waals surface area (Å²) in [7, 11) is 0. The normalized spacial score (nSPS) is 6.78. The number of carbonyl (C=O) groups is 1. The van der Waals surface area contributed by atoms with Crippen LogP contribution in [0.1, 0.15) is 0 Å². The number of rotatable bonds is 1. The first-order chi connectivity index (χ1) is 4.27. The van der Waals surface area contributed by atoms with Gasteiger partial charge in [-0.1, -0.05) is 22.6 Å². The van der Waals surface area contributed by atoms with Crippen molar-refractivity contribution in [1.29, 1.82) is 0 Å². The van der Waals surface area contributed by atoms with E-state index in [-0.39, 0.29) is 0 Å². The zero-order chi connectivity index (χ0) is 7.11. The summed E-state index contributed by atoms with van der Waals surface area (Å²) in [6.07, 6.45) is 1.08. The number of amides is 1. The quantitative estimate of drug-likeness (QED) is 0.238. The lowest BCUT2D eigenvalue weighted by Gasteiger charge is -1.87. The van der Waals surface area contributed by atoms with E-state index in [1.165, 1.54) is 0 Å². The molecule has 0 bridgehead atoms. The van der Waals surface area contributed by atoms with E-state index in [0.29, 0.717) is 4.43 Å². The van der Waals surface area contributed by atoms with E-state index >= 15 is 0 Å². The first-order valence-electron chi connectivity index (χ1n) is 1.94. The molecular formula is C4H4INO3. The third kappa shape index (κ3) is 7.36. The molecule has 5 heteroatoms. The molecule has 0 saturated carbocycles. The summed E-state index contributed by atoms with van der Waals surface area (Å²) in [5.74, 6) is 2.49. The van der Waals surface area contributed by atoms with E-state index in [0.717, 1.165) is 0 Å². The maximum atomic E-state index is 9.77. The summed E-state index contributed by atoms with van der Waals surface area (Å²) >= 11 is 2.02. The number of carbonyl (C=O) groups excluding carboxylic acids is 1. The molecule has 0 unspecified atom stereocenters. The van der Waals surface area contributed by atoms with Gasteiger partial charge < -0.3 is 5.73 Å². The van der Waals surface area contributed by atoms with Gasteiger partial charge in [-0.05, 0) is 5.92 Å². The fraction of sp³-hybridized carbons (Fsp3) is 0.250. The molecule has 0 rings (SSSR count). The number of nitrogens with two attached hydrogens (primary N) is 1. The topological polar surface area (TPSA) is 61.6 Å². The molecule has 0 saturated heterocycles. The summed E-state index contributed by atoms with van der Waals surface area (Å²) in [4.78, 5) is 17.6. The second kappa shape index (κ2) is 5.50. The highest BCUT2D eigenvalue weighted by molar-refractivity contribution is 14.1. The van der Waals surface area contributed by atoms with Crippen LogP contribution in [0.15, 0.2) is 0 Å². The summed E-state index contributed by atoms with van der Waals surface area (Å²) < 4.78 is 0.611. The highest BCUT2D eigenvalue weighted by Crippen LogP contribution is 1.77. The van der Waals surface area contributed by atoms with Crippen molar-refractivity contribution in [2.75, 3.05) is 4.43 Å². The van der Waals surface area contributed by atoms with Gasteiger partial charge in [0, 0.05) is 0 Å². The molecule has 0 aromatic carbocycles. The minimum atomic E-state index is -1.00. The number of primary amides is 1. The maximum absolute atomic E-state index is 9.77. The highest BCUT2D eigenvalue weighted by atomic mass is 127. The van der Waals surface area contributed by atoms with E-state index in [4.69, 9.17) is 0 Å². The predicted molar refractivity (Wildman–Crippen MR) is 38.4 cm³/mol. The minimum Gasteiger partial charge on any atom is -0.332 e. The molecule has 1 amide bonds. The van der Waals surface area contributed by atoms with Gasteiger partial charge in [0.05, 0.1) is 4.43 Å². The van der Waals surface area contributed by atoms with Crippen LogP contribution in [0.5, 0.6) is 0 Å². The molecule has 0 aromatic heterocycles. The Bertz CT molecular complexity index is 148. The third-order valence-electron chi connectivity index (χ3n) is 0.304. The maximum Gasteiger partial charge on any atom is 0.448 e. The van der Waals surface area contributed by atoms with Gasteiger partial charge in [-0.25, -0.2) is 14.6 Å². The standard InChI is InChI=1S/C4H4INO3/c5-2-1-3-8-9-4(6)7/h2H2,(H2,6,7). The van der Waals surface area contributed by atoms with E-state index in [2.05, 4.69) is 27.5 Å². The van der Waals surface area contributed by atoms with Gasteiger partial charge in [-0.2, -0.15) is 0 Å². The Balaban J connectivity index is 3.19. The Labute approximate surface area is 65.8 Å². The van der Waals surface area contributed by atoms with Gasteiger partial charge in [-0.3, -0.25) is 0 Å². The first-order valence-corrected chi connectivity index (χ1v) is 3.46. The van der Waals surface area contributed by atoms with Crippen molar-refractivity contribution in [2.45, 2.75) is 0 Å². The highest BCUT2D eigenvalue weighted by Gasteiger charge is 1.88. The van der Waals surface area contributed by atoms with Gasteiger partial charge in [-0.15, -0.1) is 0 Å². The van der Waals surface area contributed by atoms with Crippen LogP contribution in [0.25, 0.3) is 0 Å². The molecule has 4 nitrogen and oxygen atoms in total. The Hall–Kier alpha value is -0.640. The molecular weight excluding hydrogens is 237 g/mol.